The van der Waals surface area contributed by atoms with E-state index in [9.17, 15) is 14.4 Å². The molecule has 1 saturated heterocycles. The summed E-state index contributed by atoms with van der Waals surface area (Å²) in [6.07, 6.45) is -0.220. The lowest BCUT2D eigenvalue weighted by atomic mass is 10.1. The van der Waals surface area contributed by atoms with Crippen molar-refractivity contribution in [1.29, 1.82) is 0 Å². The fourth-order valence-electron chi connectivity index (χ4n) is 3.68. The highest BCUT2D eigenvalue weighted by atomic mass is 16.5. The molecule has 2 rings (SSSR count). The molecule has 1 aromatic rings. The topological polar surface area (TPSA) is 86.0 Å². The van der Waals surface area contributed by atoms with Crippen LogP contribution in [0.3, 0.4) is 0 Å². The maximum absolute atomic E-state index is 13.0. The number of carbonyl (C=O) groups excluding carboxylic acids is 3. The number of hydrogen-bond donors (Lipinski definition) is 1. The predicted octanol–water partition coefficient (Wildman–Crippen LogP) is 1.82. The average Bonchev–Trinajstić information content (AvgIpc) is 2.96. The Morgan fingerprint density at radius 1 is 1.07 bits per heavy atom. The number of likely N-dealkylation sites (N-methyl/N-ethyl adjacent to an activating group) is 1. The van der Waals surface area contributed by atoms with Crippen molar-refractivity contribution in [1.82, 2.24) is 19.7 Å². The Kier molecular flexibility index (Phi) is 7.84. The second kappa shape index (κ2) is 9.91. The van der Waals surface area contributed by atoms with Gasteiger partial charge < -0.3 is 19.5 Å². The van der Waals surface area contributed by atoms with Crippen LogP contribution in [-0.4, -0.2) is 89.4 Å². The molecule has 0 atom stereocenters. The molecule has 8 nitrogen and oxygen atoms in total. The Balaban J connectivity index is 2.01. The quantitative estimate of drug-likeness (QED) is 0.698. The van der Waals surface area contributed by atoms with Crippen LogP contribution < -0.4 is 0 Å². The zero-order valence-corrected chi connectivity index (χ0v) is 18.5. The summed E-state index contributed by atoms with van der Waals surface area (Å²) >= 11 is 0. The predicted molar refractivity (Wildman–Crippen MR) is 111 cm³/mol. The van der Waals surface area contributed by atoms with Crippen molar-refractivity contribution in [3.8, 4) is 0 Å². The van der Waals surface area contributed by atoms with Gasteiger partial charge in [0.2, 0.25) is 5.91 Å². The number of hydrogen-bond acceptors (Lipinski definition) is 5. The molecule has 1 aliphatic heterocycles. The van der Waals surface area contributed by atoms with Crippen LogP contribution in [0.4, 0.5) is 0 Å². The number of amides is 2. The molecule has 162 valence electrons. The Hall–Kier alpha value is -2.35. The van der Waals surface area contributed by atoms with E-state index in [-0.39, 0.29) is 17.9 Å². The average molecular weight is 407 g/mol. The molecular weight excluding hydrogens is 372 g/mol. The molecule has 0 unspecified atom stereocenters. The minimum atomic E-state index is -0.412. The standard InChI is InChI=1S/C21H34N4O4/c1-7-24(8-2)17(26)13-23-9-11-25(12-10-23)20(27)19-15(5)18(16(6)22-19)21(28)29-14(3)4/h14,22H,7-13H2,1-6H3. The second-order valence-electron chi connectivity index (χ2n) is 7.71. The number of carbonyl (C=O) groups is 3. The third kappa shape index (κ3) is 5.38. The molecule has 0 aliphatic carbocycles. The summed E-state index contributed by atoms with van der Waals surface area (Å²) in [7, 11) is 0. The molecule has 1 aliphatic rings. The Bertz CT molecular complexity index is 744. The van der Waals surface area contributed by atoms with E-state index in [1.165, 1.54) is 0 Å². The molecule has 0 spiro atoms. The zero-order chi connectivity index (χ0) is 21.7. The summed E-state index contributed by atoms with van der Waals surface area (Å²) in [5.41, 5.74) is 2.13. The fraction of sp³-hybridized carbons (Fsp3) is 0.667. The third-order valence-electron chi connectivity index (χ3n) is 5.33. The van der Waals surface area contributed by atoms with Crippen molar-refractivity contribution in [2.24, 2.45) is 0 Å². The number of piperazine rings is 1. The van der Waals surface area contributed by atoms with E-state index in [1.54, 1.807) is 32.6 Å². The summed E-state index contributed by atoms with van der Waals surface area (Å²) in [6.45, 7) is 15.3. The summed E-state index contributed by atoms with van der Waals surface area (Å²) in [4.78, 5) is 46.4. The molecule has 29 heavy (non-hydrogen) atoms. The number of aryl methyl sites for hydroxylation is 1. The fourth-order valence-corrected chi connectivity index (χ4v) is 3.68. The molecule has 0 saturated carbocycles. The van der Waals surface area contributed by atoms with Crippen LogP contribution in [0.25, 0.3) is 0 Å². The van der Waals surface area contributed by atoms with Gasteiger partial charge in [-0.3, -0.25) is 14.5 Å². The number of nitrogens with zero attached hydrogens (tertiary/aromatic N) is 3. The van der Waals surface area contributed by atoms with Gasteiger partial charge in [-0.1, -0.05) is 0 Å². The molecule has 0 bridgehead atoms. The Labute approximate surface area is 173 Å². The zero-order valence-electron chi connectivity index (χ0n) is 18.5. The van der Waals surface area contributed by atoms with Crippen LogP contribution in [0.5, 0.6) is 0 Å². The highest BCUT2D eigenvalue weighted by Crippen LogP contribution is 2.21. The molecule has 8 heteroatoms. The van der Waals surface area contributed by atoms with Gasteiger partial charge in [0.15, 0.2) is 0 Å². The Morgan fingerprint density at radius 2 is 1.66 bits per heavy atom. The van der Waals surface area contributed by atoms with E-state index in [0.29, 0.717) is 68.3 Å². The van der Waals surface area contributed by atoms with Crippen LogP contribution in [0.15, 0.2) is 0 Å². The first-order valence-corrected chi connectivity index (χ1v) is 10.4. The summed E-state index contributed by atoms with van der Waals surface area (Å²) in [6, 6.07) is 0. The van der Waals surface area contributed by atoms with E-state index in [0.717, 1.165) is 0 Å². The van der Waals surface area contributed by atoms with E-state index in [4.69, 9.17) is 4.74 Å². The van der Waals surface area contributed by atoms with Gasteiger partial charge in [-0.05, 0) is 47.1 Å². The van der Waals surface area contributed by atoms with Gasteiger partial charge in [0, 0.05) is 45.0 Å². The lowest BCUT2D eigenvalue weighted by Gasteiger charge is -2.35. The van der Waals surface area contributed by atoms with Crippen LogP contribution in [-0.2, 0) is 9.53 Å². The van der Waals surface area contributed by atoms with Gasteiger partial charge in [-0.2, -0.15) is 0 Å². The van der Waals surface area contributed by atoms with Crippen molar-refractivity contribution >= 4 is 17.8 Å². The minimum absolute atomic E-state index is 0.121. The smallest absolute Gasteiger partial charge is 0.340 e. The molecule has 0 aromatic carbocycles. The third-order valence-corrected chi connectivity index (χ3v) is 5.33. The number of rotatable bonds is 7. The lowest BCUT2D eigenvalue weighted by Crippen LogP contribution is -2.51. The van der Waals surface area contributed by atoms with Crippen LogP contribution in [0.2, 0.25) is 0 Å². The van der Waals surface area contributed by atoms with Gasteiger partial charge in [-0.15, -0.1) is 0 Å². The highest BCUT2D eigenvalue weighted by Gasteiger charge is 2.29. The van der Waals surface area contributed by atoms with E-state index < -0.39 is 5.97 Å². The molecule has 0 radical (unpaired) electrons. The maximum Gasteiger partial charge on any atom is 0.340 e. The number of aromatic amines is 1. The van der Waals surface area contributed by atoms with E-state index in [1.807, 2.05) is 18.7 Å². The van der Waals surface area contributed by atoms with Crippen molar-refractivity contribution in [3.05, 3.63) is 22.5 Å². The lowest BCUT2D eigenvalue weighted by molar-refractivity contribution is -0.132. The molecule has 1 N–H and O–H groups in total. The van der Waals surface area contributed by atoms with Crippen molar-refractivity contribution in [3.63, 3.8) is 0 Å². The van der Waals surface area contributed by atoms with Gasteiger partial charge in [0.05, 0.1) is 18.2 Å². The summed E-state index contributed by atoms with van der Waals surface area (Å²) in [5.74, 6) is -0.409. The van der Waals surface area contributed by atoms with E-state index in [2.05, 4.69) is 9.88 Å². The number of nitrogens with one attached hydrogen (secondary N) is 1. The monoisotopic (exact) mass is 406 g/mol. The van der Waals surface area contributed by atoms with Gasteiger partial charge in [-0.25, -0.2) is 4.79 Å². The van der Waals surface area contributed by atoms with Crippen molar-refractivity contribution in [2.75, 3.05) is 45.8 Å². The Morgan fingerprint density at radius 3 is 2.17 bits per heavy atom. The molecule has 2 amide bonds. The van der Waals surface area contributed by atoms with Gasteiger partial charge in [0.1, 0.15) is 5.69 Å². The molecule has 1 aromatic heterocycles. The minimum Gasteiger partial charge on any atom is -0.459 e. The van der Waals surface area contributed by atoms with Crippen LogP contribution in [0, 0.1) is 13.8 Å². The summed E-state index contributed by atoms with van der Waals surface area (Å²) in [5, 5.41) is 0. The summed E-state index contributed by atoms with van der Waals surface area (Å²) < 4.78 is 5.30. The first-order valence-electron chi connectivity index (χ1n) is 10.4. The highest BCUT2D eigenvalue weighted by molar-refractivity contribution is 6.00. The largest absolute Gasteiger partial charge is 0.459 e. The van der Waals surface area contributed by atoms with Crippen molar-refractivity contribution < 1.29 is 19.1 Å². The van der Waals surface area contributed by atoms with E-state index >= 15 is 0 Å². The van der Waals surface area contributed by atoms with Crippen LogP contribution >= 0.6 is 0 Å². The normalized spacial score (nSPS) is 14.9. The van der Waals surface area contributed by atoms with Crippen LogP contribution in [0.1, 0.15) is 59.8 Å². The van der Waals surface area contributed by atoms with Gasteiger partial charge in [0.25, 0.3) is 5.91 Å². The molecule has 1 fully saturated rings. The molecular formula is C21H34N4O4. The number of esters is 1. The number of ether oxygens (including phenoxy) is 1. The SMILES string of the molecule is CCN(CC)C(=O)CN1CCN(C(=O)c2[nH]c(C)c(C(=O)OC(C)C)c2C)CC1. The first kappa shape index (κ1) is 22.9. The van der Waals surface area contributed by atoms with Gasteiger partial charge >= 0.3 is 5.97 Å². The van der Waals surface area contributed by atoms with Crippen molar-refractivity contribution in [2.45, 2.75) is 47.6 Å². The molecule has 2 heterocycles. The number of aromatic nitrogens is 1. The first-order chi connectivity index (χ1) is 13.7. The maximum atomic E-state index is 13.0. The number of H-pyrrole nitrogens is 1. The second-order valence-corrected chi connectivity index (χ2v) is 7.71.